The average molecular weight is 259 g/mol. The van der Waals surface area contributed by atoms with Gasteiger partial charge in [0, 0.05) is 13.1 Å². The number of rotatable bonds is 3. The zero-order valence-electron chi connectivity index (χ0n) is 11.6. The summed E-state index contributed by atoms with van der Waals surface area (Å²) in [6, 6.07) is 0.457. The smallest absolute Gasteiger partial charge is 0.163 e. The lowest BCUT2D eigenvalue weighted by Gasteiger charge is -2.28. The Kier molecular flexibility index (Phi) is 3.36. The van der Waals surface area contributed by atoms with E-state index in [4.69, 9.17) is 0 Å². The first-order valence-electron chi connectivity index (χ1n) is 7.15. The first-order chi connectivity index (χ1) is 9.25. The molecule has 3 rings (SSSR count). The molecule has 0 bridgehead atoms. The third-order valence-electron chi connectivity index (χ3n) is 4.25. The van der Waals surface area contributed by atoms with Crippen LogP contribution in [0.4, 0.5) is 5.82 Å². The molecule has 0 aromatic carbocycles. The molecule has 0 amide bonds. The van der Waals surface area contributed by atoms with Crippen LogP contribution in [0.1, 0.15) is 39.0 Å². The molecule has 0 radical (unpaired) electrons. The first-order valence-corrected chi connectivity index (χ1v) is 7.15. The lowest BCUT2D eigenvalue weighted by atomic mass is 9.84. The fourth-order valence-corrected chi connectivity index (χ4v) is 3.04. The van der Waals surface area contributed by atoms with Gasteiger partial charge in [0.25, 0.3) is 0 Å². The van der Waals surface area contributed by atoms with Crippen LogP contribution in [0.15, 0.2) is 12.5 Å². The molecule has 1 saturated carbocycles. The summed E-state index contributed by atoms with van der Waals surface area (Å²) >= 11 is 0. The number of hydrogen-bond acceptors (Lipinski definition) is 4. The number of fused-ring (bicyclic) bond motifs is 1. The number of nitrogens with zero attached hydrogens (tertiary/aromatic N) is 4. The maximum absolute atomic E-state index is 4.38. The minimum Gasteiger partial charge on any atom is -0.367 e. The van der Waals surface area contributed by atoms with Gasteiger partial charge in [-0.15, -0.1) is 0 Å². The Bertz CT molecular complexity index is 556. The highest BCUT2D eigenvalue weighted by molar-refractivity contribution is 5.86. The minimum absolute atomic E-state index is 0.457. The van der Waals surface area contributed by atoms with Crippen LogP contribution in [0.25, 0.3) is 11.0 Å². The molecule has 5 nitrogen and oxygen atoms in total. The quantitative estimate of drug-likeness (QED) is 0.920. The second kappa shape index (κ2) is 5.15. The van der Waals surface area contributed by atoms with Crippen LogP contribution in [-0.2, 0) is 7.05 Å². The van der Waals surface area contributed by atoms with Crippen molar-refractivity contribution in [3.05, 3.63) is 12.5 Å². The van der Waals surface area contributed by atoms with Crippen LogP contribution < -0.4 is 5.32 Å². The van der Waals surface area contributed by atoms with E-state index in [2.05, 4.69) is 27.3 Å². The summed E-state index contributed by atoms with van der Waals surface area (Å²) in [5, 5.41) is 8.82. The predicted molar refractivity (Wildman–Crippen MR) is 76.0 cm³/mol. The molecule has 0 saturated heterocycles. The monoisotopic (exact) mass is 259 g/mol. The highest BCUT2D eigenvalue weighted by atomic mass is 15.3. The van der Waals surface area contributed by atoms with Crippen molar-refractivity contribution in [3.8, 4) is 0 Å². The van der Waals surface area contributed by atoms with Crippen molar-refractivity contribution in [2.24, 2.45) is 13.0 Å². The second-order valence-corrected chi connectivity index (χ2v) is 5.56. The standard InChI is InChI=1S/C14H21N5/c1-10(11-6-4-3-5-7-11)18-13-12-8-17-19(2)14(12)16-9-15-13/h8-11H,3-7H2,1-2H3,(H,15,16,18). The summed E-state index contributed by atoms with van der Waals surface area (Å²) < 4.78 is 1.79. The third kappa shape index (κ3) is 2.41. The molecule has 102 valence electrons. The van der Waals surface area contributed by atoms with E-state index in [0.29, 0.717) is 6.04 Å². The number of anilines is 1. The van der Waals surface area contributed by atoms with Gasteiger partial charge < -0.3 is 5.32 Å². The lowest BCUT2D eigenvalue weighted by molar-refractivity contribution is 0.328. The van der Waals surface area contributed by atoms with Gasteiger partial charge in [0.1, 0.15) is 12.1 Å². The average Bonchev–Trinajstić information content (AvgIpc) is 2.83. The molecule has 0 spiro atoms. The fraction of sp³-hybridized carbons (Fsp3) is 0.643. The zero-order chi connectivity index (χ0) is 13.2. The molecule has 1 fully saturated rings. The molecule has 1 aliphatic carbocycles. The fourth-order valence-electron chi connectivity index (χ4n) is 3.04. The van der Waals surface area contributed by atoms with E-state index in [1.165, 1.54) is 32.1 Å². The Morgan fingerprint density at radius 2 is 2.05 bits per heavy atom. The molecule has 1 N–H and O–H groups in total. The van der Waals surface area contributed by atoms with Crippen LogP contribution in [0.3, 0.4) is 0 Å². The van der Waals surface area contributed by atoms with E-state index in [9.17, 15) is 0 Å². The second-order valence-electron chi connectivity index (χ2n) is 5.56. The van der Waals surface area contributed by atoms with Crippen LogP contribution in [0.2, 0.25) is 0 Å². The predicted octanol–water partition coefficient (Wildman–Crippen LogP) is 2.74. The normalized spacial score (nSPS) is 18.6. The van der Waals surface area contributed by atoms with E-state index < -0.39 is 0 Å². The summed E-state index contributed by atoms with van der Waals surface area (Å²) in [6.07, 6.45) is 10.2. The van der Waals surface area contributed by atoms with Gasteiger partial charge in [-0.1, -0.05) is 19.3 Å². The maximum Gasteiger partial charge on any atom is 0.163 e. The van der Waals surface area contributed by atoms with Gasteiger partial charge in [-0.3, -0.25) is 4.68 Å². The van der Waals surface area contributed by atoms with Crippen LogP contribution in [0, 0.1) is 5.92 Å². The largest absolute Gasteiger partial charge is 0.367 e. The molecule has 19 heavy (non-hydrogen) atoms. The molecule has 5 heteroatoms. The molecule has 0 aliphatic heterocycles. The van der Waals surface area contributed by atoms with Crippen molar-refractivity contribution in [1.82, 2.24) is 19.7 Å². The summed E-state index contributed by atoms with van der Waals surface area (Å²) in [5.41, 5.74) is 0.883. The highest BCUT2D eigenvalue weighted by Gasteiger charge is 2.21. The molecule has 2 heterocycles. The van der Waals surface area contributed by atoms with E-state index >= 15 is 0 Å². The van der Waals surface area contributed by atoms with E-state index in [1.807, 2.05) is 13.2 Å². The Hall–Kier alpha value is -1.65. The number of aryl methyl sites for hydroxylation is 1. The van der Waals surface area contributed by atoms with Crippen LogP contribution in [-0.4, -0.2) is 25.8 Å². The number of hydrogen-bond donors (Lipinski definition) is 1. The van der Waals surface area contributed by atoms with Gasteiger partial charge in [0.15, 0.2) is 5.65 Å². The van der Waals surface area contributed by atoms with Crippen molar-refractivity contribution in [1.29, 1.82) is 0 Å². The SMILES string of the molecule is CC(Nc1ncnc2c1cnn2C)C1CCCCC1. The molecular weight excluding hydrogens is 238 g/mol. The van der Waals surface area contributed by atoms with Crippen molar-refractivity contribution < 1.29 is 0 Å². The maximum atomic E-state index is 4.38. The van der Waals surface area contributed by atoms with Crippen molar-refractivity contribution in [2.45, 2.75) is 45.1 Å². The van der Waals surface area contributed by atoms with Gasteiger partial charge >= 0.3 is 0 Å². The van der Waals surface area contributed by atoms with Gasteiger partial charge in [0.05, 0.1) is 11.6 Å². The van der Waals surface area contributed by atoms with Crippen LogP contribution in [0.5, 0.6) is 0 Å². The summed E-state index contributed by atoms with van der Waals surface area (Å²) in [4.78, 5) is 8.65. The Labute approximate surface area is 113 Å². The van der Waals surface area contributed by atoms with Gasteiger partial charge in [0.2, 0.25) is 0 Å². The summed E-state index contributed by atoms with van der Waals surface area (Å²) in [6.45, 7) is 2.26. The van der Waals surface area contributed by atoms with Crippen molar-refractivity contribution in [2.75, 3.05) is 5.32 Å². The lowest BCUT2D eigenvalue weighted by Crippen LogP contribution is -2.28. The van der Waals surface area contributed by atoms with E-state index in [0.717, 1.165) is 22.8 Å². The summed E-state index contributed by atoms with van der Waals surface area (Å²) in [7, 11) is 1.91. The summed E-state index contributed by atoms with van der Waals surface area (Å²) in [5.74, 6) is 1.67. The zero-order valence-corrected chi connectivity index (χ0v) is 11.6. The first kappa shape index (κ1) is 12.4. The Morgan fingerprint density at radius 1 is 1.26 bits per heavy atom. The Balaban J connectivity index is 1.80. The Morgan fingerprint density at radius 3 is 2.84 bits per heavy atom. The molecular formula is C14H21N5. The van der Waals surface area contributed by atoms with Crippen LogP contribution >= 0.6 is 0 Å². The number of aromatic nitrogens is 4. The van der Waals surface area contributed by atoms with Crippen molar-refractivity contribution in [3.63, 3.8) is 0 Å². The van der Waals surface area contributed by atoms with Gasteiger partial charge in [-0.2, -0.15) is 5.10 Å². The van der Waals surface area contributed by atoms with Crippen molar-refractivity contribution >= 4 is 16.9 Å². The molecule has 1 aliphatic rings. The van der Waals surface area contributed by atoms with E-state index in [1.54, 1.807) is 11.0 Å². The molecule has 1 unspecified atom stereocenters. The van der Waals surface area contributed by atoms with Gasteiger partial charge in [-0.25, -0.2) is 9.97 Å². The highest BCUT2D eigenvalue weighted by Crippen LogP contribution is 2.28. The minimum atomic E-state index is 0.457. The third-order valence-corrected chi connectivity index (χ3v) is 4.25. The molecule has 2 aromatic rings. The number of nitrogens with one attached hydrogen (secondary N) is 1. The topological polar surface area (TPSA) is 55.6 Å². The molecule has 1 atom stereocenters. The molecule has 2 aromatic heterocycles. The van der Waals surface area contributed by atoms with Gasteiger partial charge in [-0.05, 0) is 25.7 Å². The van der Waals surface area contributed by atoms with E-state index in [-0.39, 0.29) is 0 Å².